The van der Waals surface area contributed by atoms with E-state index in [9.17, 15) is 27.9 Å². The van der Waals surface area contributed by atoms with Crippen molar-refractivity contribution in [3.05, 3.63) is 39.8 Å². The maximum atomic E-state index is 13.4. The highest BCUT2D eigenvalue weighted by Crippen LogP contribution is 2.39. The van der Waals surface area contributed by atoms with Gasteiger partial charge in [-0.1, -0.05) is 10.7 Å². The van der Waals surface area contributed by atoms with E-state index in [0.29, 0.717) is 44.3 Å². The monoisotopic (exact) mass is 722 g/mol. The number of carbonyl (C=O) groups is 2. The van der Waals surface area contributed by atoms with Crippen LogP contribution in [0.15, 0.2) is 22.5 Å². The Labute approximate surface area is 296 Å². The van der Waals surface area contributed by atoms with Crippen molar-refractivity contribution in [1.82, 2.24) is 14.5 Å². The van der Waals surface area contributed by atoms with Gasteiger partial charge in [-0.15, -0.1) is 0 Å². The van der Waals surface area contributed by atoms with Crippen LogP contribution in [0.25, 0.3) is 6.08 Å². The Bertz CT molecular complexity index is 1430. The van der Waals surface area contributed by atoms with Crippen LogP contribution in [0.1, 0.15) is 98.2 Å². The Balaban J connectivity index is 1.14. The number of hydrogen-bond donors (Lipinski definition) is 3. The van der Waals surface area contributed by atoms with E-state index in [1.807, 2.05) is 37.8 Å². The second-order valence-corrected chi connectivity index (χ2v) is 16.3. The first-order chi connectivity index (χ1) is 23.8. The number of aliphatic hydroxyl groups excluding tert-OH is 2. The summed E-state index contributed by atoms with van der Waals surface area (Å²) < 4.78 is 46.1. The Hall–Kier alpha value is -2.58. The van der Waals surface area contributed by atoms with E-state index >= 15 is 0 Å². The number of amides is 2. The number of ether oxygens (including phenoxy) is 1. The average molecular weight is 723 g/mol. The Morgan fingerprint density at radius 2 is 1.74 bits per heavy atom. The number of aliphatic hydroxyl groups is 2. The SMILES string of the molecule is C/C=S(/C=C/c1c(C)cc(C(=O)N2CCC(OC[C@H](O)CO)CC2)cc1C)N1CCC2(CC1)N=C(C1CCC(CCC(F)(F)F)CC1)NC2=O. The molecule has 2 atom stereocenters. The zero-order valence-electron chi connectivity index (χ0n) is 29.5. The predicted molar refractivity (Wildman–Crippen MR) is 192 cm³/mol. The molecule has 1 aromatic rings. The lowest BCUT2D eigenvalue weighted by Gasteiger charge is -2.36. The Morgan fingerprint density at radius 1 is 1.10 bits per heavy atom. The minimum absolute atomic E-state index is 0.000146. The molecule has 1 spiro atoms. The van der Waals surface area contributed by atoms with Gasteiger partial charge >= 0.3 is 6.18 Å². The van der Waals surface area contributed by atoms with Crippen molar-refractivity contribution in [1.29, 1.82) is 0 Å². The number of amidine groups is 1. The van der Waals surface area contributed by atoms with Crippen LogP contribution in [0.5, 0.6) is 0 Å². The topological polar surface area (TPSA) is 115 Å². The fraction of sp³-hybridized carbons (Fsp3) is 0.676. The minimum atomic E-state index is -4.11. The summed E-state index contributed by atoms with van der Waals surface area (Å²) in [5.74, 6) is 0.889. The number of carbonyl (C=O) groups excluding carboxylic acids is 2. The standard InChI is InChI=1S/C37H53F3N4O5S/c1-4-50(20-12-32-25(2)21-29(22-26(32)3)34(47)43-16-10-31(11-17-43)49-24-30(46)23-45)44-18-14-36(15-19-44)35(48)41-33(42-36)28-7-5-27(6-8-28)9-13-37(38,39)40/h4,12,20-22,27-28,30-31,45-46H,5-11,13-19,23-24H2,1-3H3,(H,41,42,48)/b20-12+/t27?,28?,30-,50?/m1/s1. The fourth-order valence-corrected chi connectivity index (χ4v) is 9.26. The molecule has 5 rings (SSSR count). The predicted octanol–water partition coefficient (Wildman–Crippen LogP) is 5.77. The normalized spacial score (nSPS) is 24.9. The highest BCUT2D eigenvalue weighted by Gasteiger charge is 2.47. The number of likely N-dealkylation sites (tertiary alicyclic amines) is 1. The van der Waals surface area contributed by atoms with Crippen LogP contribution < -0.4 is 5.32 Å². The molecular weight excluding hydrogens is 669 g/mol. The van der Waals surface area contributed by atoms with Gasteiger partial charge < -0.3 is 25.2 Å². The highest BCUT2D eigenvalue weighted by atomic mass is 32.2. The van der Waals surface area contributed by atoms with Crippen molar-refractivity contribution in [3.63, 3.8) is 0 Å². The lowest BCUT2D eigenvalue weighted by Crippen LogP contribution is -2.47. The van der Waals surface area contributed by atoms with Gasteiger partial charge in [-0.05, 0) is 130 Å². The fourth-order valence-electron chi connectivity index (χ4n) is 7.75. The molecule has 13 heteroatoms. The van der Waals surface area contributed by atoms with E-state index in [2.05, 4.69) is 26.5 Å². The molecule has 0 aromatic heterocycles. The summed E-state index contributed by atoms with van der Waals surface area (Å²) >= 11 is 0. The van der Waals surface area contributed by atoms with Crippen LogP contribution in [0.3, 0.4) is 0 Å². The van der Waals surface area contributed by atoms with Crippen molar-refractivity contribution in [2.45, 2.75) is 109 Å². The van der Waals surface area contributed by atoms with E-state index in [-0.39, 0.29) is 60.1 Å². The molecule has 1 aliphatic carbocycles. The van der Waals surface area contributed by atoms with Crippen molar-refractivity contribution in [3.8, 4) is 0 Å². The molecule has 9 nitrogen and oxygen atoms in total. The quantitative estimate of drug-likeness (QED) is 0.250. The molecule has 3 fully saturated rings. The van der Waals surface area contributed by atoms with Gasteiger partial charge in [0.1, 0.15) is 17.5 Å². The van der Waals surface area contributed by atoms with Crippen LogP contribution in [0.4, 0.5) is 13.2 Å². The molecule has 4 aliphatic rings. The first-order valence-electron chi connectivity index (χ1n) is 18.0. The van der Waals surface area contributed by atoms with Gasteiger partial charge in [-0.3, -0.25) is 18.9 Å². The number of aryl methyl sites for hydroxylation is 2. The summed E-state index contributed by atoms with van der Waals surface area (Å²) in [6.45, 7) is 8.46. The molecule has 2 saturated heterocycles. The van der Waals surface area contributed by atoms with E-state index in [0.717, 1.165) is 61.3 Å². The van der Waals surface area contributed by atoms with Crippen LogP contribution in [-0.4, -0.2) is 106 Å². The number of halogens is 3. The van der Waals surface area contributed by atoms with E-state index in [1.54, 1.807) is 0 Å². The van der Waals surface area contributed by atoms with Gasteiger partial charge in [0.15, 0.2) is 0 Å². The number of nitrogens with zero attached hydrogens (tertiary/aromatic N) is 3. The highest BCUT2D eigenvalue weighted by molar-refractivity contribution is 8.15. The van der Waals surface area contributed by atoms with Gasteiger partial charge in [-0.2, -0.15) is 13.2 Å². The number of aliphatic imine (C=N–C) groups is 1. The molecule has 1 aromatic carbocycles. The number of nitrogens with one attached hydrogen (secondary N) is 1. The zero-order chi connectivity index (χ0) is 36.1. The summed E-state index contributed by atoms with van der Waals surface area (Å²) in [5.41, 5.74) is 3.04. The third-order valence-electron chi connectivity index (χ3n) is 10.8. The van der Waals surface area contributed by atoms with Crippen LogP contribution in [-0.2, 0) is 9.53 Å². The number of rotatable bonds is 11. The molecule has 2 amide bonds. The van der Waals surface area contributed by atoms with E-state index in [1.165, 1.54) is 0 Å². The van der Waals surface area contributed by atoms with Crippen LogP contribution in [0, 0.1) is 25.7 Å². The maximum Gasteiger partial charge on any atom is 0.389 e. The molecule has 50 heavy (non-hydrogen) atoms. The minimum Gasteiger partial charge on any atom is -0.394 e. The summed E-state index contributed by atoms with van der Waals surface area (Å²) in [7, 11) is -0.265. The molecule has 3 heterocycles. The van der Waals surface area contributed by atoms with Gasteiger partial charge in [0.2, 0.25) is 0 Å². The van der Waals surface area contributed by atoms with Gasteiger partial charge in [0.05, 0.1) is 19.3 Å². The maximum absolute atomic E-state index is 13.4. The third-order valence-corrected chi connectivity index (χ3v) is 12.7. The largest absolute Gasteiger partial charge is 0.394 e. The Kier molecular flexibility index (Phi) is 13.0. The van der Waals surface area contributed by atoms with Crippen molar-refractivity contribution in [2.75, 3.05) is 39.4 Å². The van der Waals surface area contributed by atoms with Crippen LogP contribution >= 0.6 is 10.7 Å². The molecule has 1 unspecified atom stereocenters. The third kappa shape index (κ3) is 9.64. The molecular formula is C37H53F3N4O5S. The molecule has 3 N–H and O–H groups in total. The first-order valence-corrected chi connectivity index (χ1v) is 19.3. The second-order valence-electron chi connectivity index (χ2n) is 14.4. The molecule has 278 valence electrons. The lowest BCUT2D eigenvalue weighted by molar-refractivity contribution is -0.138. The smallest absolute Gasteiger partial charge is 0.389 e. The average Bonchev–Trinajstić information content (AvgIpc) is 3.42. The van der Waals surface area contributed by atoms with Crippen molar-refractivity contribution in [2.24, 2.45) is 16.8 Å². The molecule has 3 aliphatic heterocycles. The van der Waals surface area contributed by atoms with Crippen molar-refractivity contribution < 1.29 is 37.7 Å². The number of alkyl halides is 3. The summed E-state index contributed by atoms with van der Waals surface area (Å²) in [6.07, 6.45) is 2.20. The summed E-state index contributed by atoms with van der Waals surface area (Å²) in [5, 5.41) is 26.0. The van der Waals surface area contributed by atoms with E-state index < -0.39 is 24.2 Å². The Morgan fingerprint density at radius 3 is 2.32 bits per heavy atom. The zero-order valence-corrected chi connectivity index (χ0v) is 30.3. The summed E-state index contributed by atoms with van der Waals surface area (Å²) in [6, 6.07) is 3.91. The second kappa shape index (κ2) is 16.8. The molecule has 1 saturated carbocycles. The number of hydrogen-bond acceptors (Lipinski definition) is 7. The van der Waals surface area contributed by atoms with Gasteiger partial charge in [-0.25, -0.2) is 0 Å². The van der Waals surface area contributed by atoms with Gasteiger partial charge in [0.25, 0.3) is 11.8 Å². The lowest BCUT2D eigenvalue weighted by atomic mass is 9.79. The first kappa shape index (κ1) is 38.6. The summed E-state index contributed by atoms with van der Waals surface area (Å²) in [4.78, 5) is 33.4. The number of piperidine rings is 2. The van der Waals surface area contributed by atoms with E-state index in [4.69, 9.17) is 14.8 Å². The van der Waals surface area contributed by atoms with Crippen LogP contribution in [0.2, 0.25) is 0 Å². The molecule has 0 radical (unpaired) electrons. The molecule has 0 bridgehead atoms. The number of benzene rings is 1. The van der Waals surface area contributed by atoms with Crippen molar-refractivity contribution >= 4 is 39.8 Å². The van der Waals surface area contributed by atoms with Gasteiger partial charge in [0, 0.05) is 44.1 Å².